The number of sulfone groups is 1. The Morgan fingerprint density at radius 3 is 2.73 bits per heavy atom. The van der Waals surface area contributed by atoms with Crippen LogP contribution < -0.4 is 10.6 Å². The van der Waals surface area contributed by atoms with Crippen LogP contribution in [-0.4, -0.2) is 64.2 Å². The maximum Gasteiger partial charge on any atom is 0.191 e. The molecule has 0 aliphatic rings. The summed E-state index contributed by atoms with van der Waals surface area (Å²) in [6.45, 7) is 6.95. The summed E-state index contributed by atoms with van der Waals surface area (Å²) in [5.74, 6) is 0.232. The molecule has 0 saturated carbocycles. The van der Waals surface area contributed by atoms with Gasteiger partial charge in [-0.15, -0.1) is 11.3 Å². The monoisotopic (exact) mass is 405 g/mol. The summed E-state index contributed by atoms with van der Waals surface area (Å²) in [7, 11) is -3.47. The molecule has 0 aliphatic heterocycles. The van der Waals surface area contributed by atoms with Gasteiger partial charge in [-0.25, -0.2) is 8.42 Å². The maximum absolute atomic E-state index is 12.1. The van der Waals surface area contributed by atoms with E-state index in [1.807, 2.05) is 6.92 Å². The standard InChI is InChI=1S/C17H31N3O4S2/c1-3-5-10-24-11-7-9-19-17(18-4-2)20-13-15(21)14-26(22,23)16-8-6-12-25-16/h6,8,12,15,21H,3-5,7,9-11,13-14H2,1-2H3,(H2,18,19,20). The summed E-state index contributed by atoms with van der Waals surface area (Å²) in [5.41, 5.74) is 0. The van der Waals surface area contributed by atoms with Gasteiger partial charge in [-0.2, -0.15) is 0 Å². The molecular weight excluding hydrogens is 374 g/mol. The third kappa shape index (κ3) is 9.51. The lowest BCUT2D eigenvalue weighted by molar-refractivity contribution is 0.129. The first-order chi connectivity index (χ1) is 12.5. The molecule has 9 heteroatoms. The van der Waals surface area contributed by atoms with Crippen molar-refractivity contribution in [3.8, 4) is 0 Å². The molecule has 0 aliphatic carbocycles. The molecule has 0 bridgehead atoms. The Morgan fingerprint density at radius 2 is 2.08 bits per heavy atom. The first-order valence-corrected chi connectivity index (χ1v) is 11.6. The Bertz CT molecular complexity index is 604. The van der Waals surface area contributed by atoms with Gasteiger partial charge in [0.2, 0.25) is 0 Å². The van der Waals surface area contributed by atoms with Crippen molar-refractivity contribution in [2.24, 2.45) is 4.99 Å². The fourth-order valence-corrected chi connectivity index (χ4v) is 4.56. The quantitative estimate of drug-likeness (QED) is 0.262. The minimum atomic E-state index is -3.47. The van der Waals surface area contributed by atoms with Crippen LogP contribution in [0.5, 0.6) is 0 Å². The van der Waals surface area contributed by atoms with E-state index >= 15 is 0 Å². The molecule has 0 amide bonds. The van der Waals surface area contributed by atoms with Crippen LogP contribution in [0.25, 0.3) is 0 Å². The zero-order chi connectivity index (χ0) is 19.3. The summed E-state index contributed by atoms with van der Waals surface area (Å²) >= 11 is 1.15. The van der Waals surface area contributed by atoms with E-state index in [2.05, 4.69) is 22.5 Å². The smallest absolute Gasteiger partial charge is 0.191 e. The van der Waals surface area contributed by atoms with Crippen LogP contribution in [0, 0.1) is 0 Å². The van der Waals surface area contributed by atoms with Crippen molar-refractivity contribution in [1.29, 1.82) is 0 Å². The second kappa shape index (κ2) is 13.1. The lowest BCUT2D eigenvalue weighted by Gasteiger charge is -2.13. The van der Waals surface area contributed by atoms with Crippen molar-refractivity contribution >= 4 is 27.1 Å². The molecule has 1 aromatic rings. The molecule has 0 saturated heterocycles. The van der Waals surface area contributed by atoms with Gasteiger partial charge in [0, 0.05) is 26.3 Å². The highest BCUT2D eigenvalue weighted by molar-refractivity contribution is 7.93. The first kappa shape index (κ1) is 22.9. The van der Waals surface area contributed by atoms with E-state index in [9.17, 15) is 13.5 Å². The number of unbranched alkanes of at least 4 members (excludes halogenated alkanes) is 1. The molecule has 1 rings (SSSR count). The largest absolute Gasteiger partial charge is 0.390 e. The van der Waals surface area contributed by atoms with Crippen LogP contribution in [-0.2, 0) is 14.6 Å². The summed E-state index contributed by atoms with van der Waals surface area (Å²) in [6, 6.07) is 3.23. The summed E-state index contributed by atoms with van der Waals surface area (Å²) in [5, 5.41) is 18.0. The molecule has 7 nitrogen and oxygen atoms in total. The highest BCUT2D eigenvalue weighted by atomic mass is 32.2. The first-order valence-electron chi connectivity index (χ1n) is 9.03. The average Bonchev–Trinajstić information content (AvgIpc) is 3.14. The number of hydrogen-bond acceptors (Lipinski definition) is 6. The molecule has 3 N–H and O–H groups in total. The summed E-state index contributed by atoms with van der Waals surface area (Å²) in [6.07, 6.45) is 2.00. The predicted octanol–water partition coefficient (Wildman–Crippen LogP) is 1.64. The molecule has 26 heavy (non-hydrogen) atoms. The molecule has 0 radical (unpaired) electrons. The lowest BCUT2D eigenvalue weighted by atomic mass is 10.4. The predicted molar refractivity (Wildman–Crippen MR) is 107 cm³/mol. The van der Waals surface area contributed by atoms with Gasteiger partial charge in [-0.1, -0.05) is 19.4 Å². The average molecular weight is 406 g/mol. The van der Waals surface area contributed by atoms with Gasteiger partial charge < -0.3 is 20.5 Å². The lowest BCUT2D eigenvalue weighted by Crippen LogP contribution is -2.39. The van der Waals surface area contributed by atoms with Gasteiger partial charge in [-0.3, -0.25) is 4.99 Å². The van der Waals surface area contributed by atoms with Crippen molar-refractivity contribution in [2.75, 3.05) is 38.6 Å². The number of aliphatic imine (C=N–C) groups is 1. The van der Waals surface area contributed by atoms with Gasteiger partial charge in [-0.05, 0) is 31.2 Å². The molecule has 0 spiro atoms. The number of aliphatic hydroxyl groups is 1. The zero-order valence-corrected chi connectivity index (χ0v) is 17.2. The SMILES string of the molecule is CCCCOCCCNC(=NCC(O)CS(=O)(=O)c1cccs1)NCC. The molecule has 1 atom stereocenters. The normalized spacial score (nSPS) is 13.6. The van der Waals surface area contributed by atoms with E-state index in [4.69, 9.17) is 4.74 Å². The number of nitrogens with one attached hydrogen (secondary N) is 2. The van der Waals surface area contributed by atoms with Gasteiger partial charge >= 0.3 is 0 Å². The third-order valence-electron chi connectivity index (χ3n) is 3.42. The van der Waals surface area contributed by atoms with Crippen LogP contribution >= 0.6 is 11.3 Å². The van der Waals surface area contributed by atoms with Crippen molar-refractivity contribution < 1.29 is 18.3 Å². The Labute approximate surface area is 160 Å². The Morgan fingerprint density at radius 1 is 1.31 bits per heavy atom. The molecular formula is C17H31N3O4S2. The van der Waals surface area contributed by atoms with Crippen LogP contribution in [0.1, 0.15) is 33.1 Å². The van der Waals surface area contributed by atoms with Crippen LogP contribution in [0.3, 0.4) is 0 Å². The number of thiophene rings is 1. The topological polar surface area (TPSA) is 100 Å². The Balaban J connectivity index is 2.37. The van der Waals surface area contributed by atoms with Crippen LogP contribution in [0.2, 0.25) is 0 Å². The van der Waals surface area contributed by atoms with Gasteiger partial charge in [0.05, 0.1) is 18.4 Å². The van der Waals surface area contributed by atoms with E-state index in [0.29, 0.717) is 25.7 Å². The maximum atomic E-state index is 12.1. The number of rotatable bonds is 13. The van der Waals surface area contributed by atoms with E-state index < -0.39 is 15.9 Å². The molecule has 150 valence electrons. The van der Waals surface area contributed by atoms with Crippen molar-refractivity contribution in [1.82, 2.24) is 10.6 Å². The Kier molecular flexibility index (Phi) is 11.5. The molecule has 1 heterocycles. The fraction of sp³-hybridized carbons (Fsp3) is 0.706. The highest BCUT2D eigenvalue weighted by Gasteiger charge is 2.20. The summed E-state index contributed by atoms with van der Waals surface area (Å²) < 4.78 is 30.1. The van der Waals surface area contributed by atoms with Gasteiger partial charge in [0.1, 0.15) is 4.21 Å². The van der Waals surface area contributed by atoms with Crippen molar-refractivity contribution in [3.05, 3.63) is 17.5 Å². The van der Waals surface area contributed by atoms with E-state index in [1.165, 1.54) is 0 Å². The number of guanidine groups is 1. The van der Waals surface area contributed by atoms with Gasteiger partial charge in [0.25, 0.3) is 0 Å². The number of hydrogen-bond donors (Lipinski definition) is 3. The third-order valence-corrected chi connectivity index (χ3v) is 6.70. The zero-order valence-electron chi connectivity index (χ0n) is 15.6. The highest BCUT2D eigenvalue weighted by Crippen LogP contribution is 2.18. The van der Waals surface area contributed by atoms with Crippen LogP contribution in [0.15, 0.2) is 26.7 Å². The minimum absolute atomic E-state index is 0.0208. The number of aliphatic hydroxyl groups excluding tert-OH is 1. The molecule has 1 aromatic heterocycles. The van der Waals surface area contributed by atoms with E-state index in [1.54, 1.807) is 17.5 Å². The second-order valence-electron chi connectivity index (χ2n) is 5.83. The molecule has 0 aromatic carbocycles. The fourth-order valence-electron chi connectivity index (χ4n) is 2.10. The molecule has 0 fully saturated rings. The Hall–Kier alpha value is -1.16. The minimum Gasteiger partial charge on any atom is -0.390 e. The van der Waals surface area contributed by atoms with Crippen molar-refractivity contribution in [2.45, 2.75) is 43.4 Å². The number of ether oxygens (including phenoxy) is 1. The van der Waals surface area contributed by atoms with Crippen LogP contribution in [0.4, 0.5) is 0 Å². The van der Waals surface area contributed by atoms with Crippen molar-refractivity contribution in [3.63, 3.8) is 0 Å². The number of nitrogens with zero attached hydrogens (tertiary/aromatic N) is 1. The molecule has 1 unspecified atom stereocenters. The second-order valence-corrected chi connectivity index (χ2v) is 9.04. The van der Waals surface area contributed by atoms with Gasteiger partial charge in [0.15, 0.2) is 15.8 Å². The van der Waals surface area contributed by atoms with E-state index in [0.717, 1.165) is 37.2 Å². The summed E-state index contributed by atoms with van der Waals surface area (Å²) in [4.78, 5) is 4.27. The van der Waals surface area contributed by atoms with E-state index in [-0.39, 0.29) is 16.5 Å².